The minimum absolute atomic E-state index is 0.271. The van der Waals surface area contributed by atoms with E-state index >= 15 is 0 Å². The van der Waals surface area contributed by atoms with E-state index in [1.54, 1.807) is 0 Å². The summed E-state index contributed by atoms with van der Waals surface area (Å²) in [4.78, 5) is 2.47. The number of nitrogens with zero attached hydrogens (tertiary/aromatic N) is 1. The van der Waals surface area contributed by atoms with Gasteiger partial charge in [-0.05, 0) is 38.5 Å². The van der Waals surface area contributed by atoms with Gasteiger partial charge in [0.2, 0.25) is 0 Å². The lowest BCUT2D eigenvalue weighted by Gasteiger charge is -2.36. The van der Waals surface area contributed by atoms with E-state index in [0.29, 0.717) is 6.04 Å². The Morgan fingerprint density at radius 3 is 2.90 bits per heavy atom. The molecular formula is C16H25ClN2O. The number of halogens is 1. The molecule has 0 saturated carbocycles. The quantitative estimate of drug-likeness (QED) is 0.903. The Balaban J connectivity index is 1.82. The zero-order valence-electron chi connectivity index (χ0n) is 12.6. The summed E-state index contributed by atoms with van der Waals surface area (Å²) in [7, 11) is 0. The highest BCUT2D eigenvalue weighted by Gasteiger charge is 2.22. The minimum atomic E-state index is 0.271. The fraction of sp³-hybridized carbons (Fsp3) is 0.625. The van der Waals surface area contributed by atoms with Gasteiger partial charge in [-0.15, -0.1) is 0 Å². The number of rotatable bonds is 5. The van der Waals surface area contributed by atoms with Crippen LogP contribution < -0.4 is 5.32 Å². The standard InChI is InChI=1S/C16H25ClN2O/c1-12(2)19-7-8-20-16(11-19)10-18-13(3)14-5-4-6-15(17)9-14/h4-6,9,12-13,16,18H,7-8,10-11H2,1-3H3. The zero-order chi connectivity index (χ0) is 14.5. The normalized spacial score (nSPS) is 22.1. The highest BCUT2D eigenvalue weighted by molar-refractivity contribution is 6.30. The molecule has 1 aromatic carbocycles. The van der Waals surface area contributed by atoms with Crippen LogP contribution in [-0.4, -0.2) is 43.3 Å². The molecule has 2 atom stereocenters. The first-order valence-corrected chi connectivity index (χ1v) is 7.78. The largest absolute Gasteiger partial charge is 0.374 e. The first-order chi connectivity index (χ1) is 9.56. The third-order valence-corrected chi connectivity index (χ3v) is 4.14. The van der Waals surface area contributed by atoms with Crippen molar-refractivity contribution in [2.75, 3.05) is 26.2 Å². The molecule has 1 heterocycles. The summed E-state index contributed by atoms with van der Waals surface area (Å²) >= 11 is 6.03. The molecule has 4 heteroatoms. The smallest absolute Gasteiger partial charge is 0.0827 e. The van der Waals surface area contributed by atoms with Crippen LogP contribution in [-0.2, 0) is 4.74 Å². The van der Waals surface area contributed by atoms with Crippen LogP contribution in [0.4, 0.5) is 0 Å². The minimum Gasteiger partial charge on any atom is -0.374 e. The fourth-order valence-corrected chi connectivity index (χ4v) is 2.74. The maximum absolute atomic E-state index is 6.03. The Hall–Kier alpha value is -0.610. The molecule has 2 rings (SSSR count). The van der Waals surface area contributed by atoms with Gasteiger partial charge in [-0.3, -0.25) is 4.90 Å². The Labute approximate surface area is 127 Å². The summed E-state index contributed by atoms with van der Waals surface area (Å²) in [6.07, 6.45) is 0.271. The van der Waals surface area contributed by atoms with Crippen LogP contribution in [0.3, 0.4) is 0 Å². The second-order valence-electron chi connectivity index (χ2n) is 5.77. The van der Waals surface area contributed by atoms with Crippen molar-refractivity contribution in [3.8, 4) is 0 Å². The molecule has 3 nitrogen and oxygen atoms in total. The third kappa shape index (κ3) is 4.45. The van der Waals surface area contributed by atoms with E-state index in [-0.39, 0.29) is 12.1 Å². The van der Waals surface area contributed by atoms with Crippen LogP contribution in [0.15, 0.2) is 24.3 Å². The van der Waals surface area contributed by atoms with E-state index in [1.807, 2.05) is 18.2 Å². The molecule has 1 saturated heterocycles. The zero-order valence-corrected chi connectivity index (χ0v) is 13.4. The van der Waals surface area contributed by atoms with Crippen molar-refractivity contribution in [1.29, 1.82) is 0 Å². The van der Waals surface area contributed by atoms with Crippen molar-refractivity contribution in [3.05, 3.63) is 34.9 Å². The maximum atomic E-state index is 6.03. The topological polar surface area (TPSA) is 24.5 Å². The van der Waals surface area contributed by atoms with E-state index in [1.165, 1.54) is 5.56 Å². The monoisotopic (exact) mass is 296 g/mol. The summed E-state index contributed by atoms with van der Waals surface area (Å²) in [5.41, 5.74) is 1.22. The van der Waals surface area contributed by atoms with Crippen molar-refractivity contribution >= 4 is 11.6 Å². The molecule has 1 aliphatic heterocycles. The summed E-state index contributed by atoms with van der Waals surface area (Å²) in [5.74, 6) is 0. The molecule has 0 spiro atoms. The summed E-state index contributed by atoms with van der Waals surface area (Å²) < 4.78 is 5.84. The van der Waals surface area contributed by atoms with Gasteiger partial charge in [-0.1, -0.05) is 23.7 Å². The summed E-state index contributed by atoms with van der Waals surface area (Å²) in [6.45, 7) is 10.4. The molecule has 0 radical (unpaired) electrons. The lowest BCUT2D eigenvalue weighted by Crippen LogP contribution is -2.49. The fourth-order valence-electron chi connectivity index (χ4n) is 2.54. The maximum Gasteiger partial charge on any atom is 0.0827 e. The lowest BCUT2D eigenvalue weighted by molar-refractivity contribution is -0.0379. The SMILES string of the molecule is CC(NCC1CN(C(C)C)CCO1)c1cccc(Cl)c1. The number of hydrogen-bond acceptors (Lipinski definition) is 3. The van der Waals surface area contributed by atoms with E-state index in [0.717, 1.165) is 31.3 Å². The van der Waals surface area contributed by atoms with Crippen molar-refractivity contribution in [2.24, 2.45) is 0 Å². The Morgan fingerprint density at radius 1 is 1.40 bits per heavy atom. The third-order valence-electron chi connectivity index (χ3n) is 3.90. The molecule has 1 aromatic rings. The van der Waals surface area contributed by atoms with E-state index in [4.69, 9.17) is 16.3 Å². The van der Waals surface area contributed by atoms with Gasteiger partial charge in [0.1, 0.15) is 0 Å². The van der Waals surface area contributed by atoms with Gasteiger partial charge in [0.05, 0.1) is 12.7 Å². The van der Waals surface area contributed by atoms with E-state index in [2.05, 4.69) is 37.1 Å². The summed E-state index contributed by atoms with van der Waals surface area (Å²) in [5, 5.41) is 4.33. The number of nitrogens with one attached hydrogen (secondary N) is 1. The number of benzene rings is 1. The molecule has 0 amide bonds. The van der Waals surface area contributed by atoms with Crippen LogP contribution in [0.2, 0.25) is 5.02 Å². The van der Waals surface area contributed by atoms with Gasteiger partial charge in [-0.25, -0.2) is 0 Å². The number of ether oxygens (including phenoxy) is 1. The van der Waals surface area contributed by atoms with Crippen molar-refractivity contribution in [2.45, 2.75) is 39.0 Å². The molecule has 0 bridgehead atoms. The average molecular weight is 297 g/mol. The van der Waals surface area contributed by atoms with Crippen molar-refractivity contribution in [3.63, 3.8) is 0 Å². The summed E-state index contributed by atoms with van der Waals surface area (Å²) in [6, 6.07) is 8.89. The molecule has 0 aliphatic carbocycles. The van der Waals surface area contributed by atoms with Gasteiger partial charge >= 0.3 is 0 Å². The van der Waals surface area contributed by atoms with Crippen molar-refractivity contribution in [1.82, 2.24) is 10.2 Å². The highest BCUT2D eigenvalue weighted by atomic mass is 35.5. The number of morpholine rings is 1. The van der Waals surface area contributed by atoms with Gasteiger partial charge < -0.3 is 10.1 Å². The molecular weight excluding hydrogens is 272 g/mol. The molecule has 20 heavy (non-hydrogen) atoms. The van der Waals surface area contributed by atoms with Crippen LogP contribution in [0.25, 0.3) is 0 Å². The number of hydrogen-bond donors (Lipinski definition) is 1. The molecule has 1 N–H and O–H groups in total. The molecule has 112 valence electrons. The lowest BCUT2D eigenvalue weighted by atomic mass is 10.1. The molecule has 0 aromatic heterocycles. The molecule has 2 unspecified atom stereocenters. The molecule has 1 fully saturated rings. The predicted octanol–water partition coefficient (Wildman–Crippen LogP) is 3.10. The first-order valence-electron chi connectivity index (χ1n) is 7.40. The van der Waals surface area contributed by atoms with E-state index < -0.39 is 0 Å². The Bertz CT molecular complexity index is 425. The van der Waals surface area contributed by atoms with Crippen LogP contribution in [0.1, 0.15) is 32.4 Å². The van der Waals surface area contributed by atoms with E-state index in [9.17, 15) is 0 Å². The van der Waals surface area contributed by atoms with Gasteiger partial charge in [-0.2, -0.15) is 0 Å². The molecule has 1 aliphatic rings. The second kappa shape index (κ2) is 7.41. The highest BCUT2D eigenvalue weighted by Crippen LogP contribution is 2.17. The second-order valence-corrected chi connectivity index (χ2v) is 6.20. The van der Waals surface area contributed by atoms with Crippen LogP contribution >= 0.6 is 11.6 Å². The van der Waals surface area contributed by atoms with Crippen molar-refractivity contribution < 1.29 is 4.74 Å². The predicted molar refractivity (Wildman–Crippen MR) is 84.3 cm³/mol. The van der Waals surface area contributed by atoms with Gasteiger partial charge in [0.15, 0.2) is 0 Å². The van der Waals surface area contributed by atoms with Crippen LogP contribution in [0.5, 0.6) is 0 Å². The average Bonchev–Trinajstić information content (AvgIpc) is 2.45. The Kier molecular flexibility index (Phi) is 5.85. The van der Waals surface area contributed by atoms with Gasteiger partial charge in [0.25, 0.3) is 0 Å². The van der Waals surface area contributed by atoms with Crippen LogP contribution in [0, 0.1) is 0 Å². The van der Waals surface area contributed by atoms with Gasteiger partial charge in [0, 0.05) is 36.7 Å². The first kappa shape index (κ1) is 15.8. The Morgan fingerprint density at radius 2 is 2.20 bits per heavy atom.